The lowest BCUT2D eigenvalue weighted by Crippen LogP contribution is -2.46. The van der Waals surface area contributed by atoms with E-state index in [1.165, 1.54) is 5.56 Å². The standard InChI is InChI=1S/C12H17NO2S.ClH/c1-12(2,10(13)11(14)15)16-8-9-6-4-3-5-7-9;/h3-7,10H,8,13H2,1-2H3,(H,14,15);1H/t10-;/m1./s1. The molecule has 1 atom stereocenters. The van der Waals surface area contributed by atoms with Crippen molar-refractivity contribution in [1.82, 2.24) is 0 Å². The molecule has 1 rings (SSSR count). The number of carboxylic acid groups (broad SMARTS) is 1. The largest absolute Gasteiger partial charge is 0.480 e. The van der Waals surface area contributed by atoms with E-state index in [0.717, 1.165) is 5.75 Å². The topological polar surface area (TPSA) is 63.3 Å². The monoisotopic (exact) mass is 275 g/mol. The minimum atomic E-state index is -0.953. The Kier molecular flexibility index (Phi) is 6.60. The molecule has 0 spiro atoms. The number of rotatable bonds is 5. The zero-order valence-electron chi connectivity index (χ0n) is 9.92. The first kappa shape index (κ1) is 16.3. The van der Waals surface area contributed by atoms with Crippen LogP contribution in [0.1, 0.15) is 19.4 Å². The van der Waals surface area contributed by atoms with Crippen LogP contribution in [0.25, 0.3) is 0 Å². The van der Waals surface area contributed by atoms with Crippen molar-refractivity contribution in [3.8, 4) is 0 Å². The van der Waals surface area contributed by atoms with Crippen molar-refractivity contribution >= 4 is 30.1 Å². The maximum atomic E-state index is 10.8. The Morgan fingerprint density at radius 1 is 1.41 bits per heavy atom. The lowest BCUT2D eigenvalue weighted by molar-refractivity contribution is -0.139. The predicted molar refractivity (Wildman–Crippen MR) is 74.7 cm³/mol. The fraction of sp³-hybridized carbons (Fsp3) is 0.417. The Morgan fingerprint density at radius 2 is 1.94 bits per heavy atom. The third kappa shape index (κ3) is 4.98. The lowest BCUT2D eigenvalue weighted by Gasteiger charge is -2.27. The van der Waals surface area contributed by atoms with Gasteiger partial charge in [-0.1, -0.05) is 30.3 Å². The van der Waals surface area contributed by atoms with Crippen LogP contribution in [-0.2, 0) is 10.5 Å². The summed E-state index contributed by atoms with van der Waals surface area (Å²) in [4.78, 5) is 10.8. The van der Waals surface area contributed by atoms with Crippen molar-refractivity contribution in [1.29, 1.82) is 0 Å². The van der Waals surface area contributed by atoms with Gasteiger partial charge in [-0.15, -0.1) is 24.2 Å². The van der Waals surface area contributed by atoms with Crippen LogP contribution in [0.4, 0.5) is 0 Å². The molecule has 5 heteroatoms. The van der Waals surface area contributed by atoms with Crippen molar-refractivity contribution in [3.63, 3.8) is 0 Å². The van der Waals surface area contributed by atoms with Crippen LogP contribution in [0.2, 0.25) is 0 Å². The van der Waals surface area contributed by atoms with Gasteiger partial charge in [-0.05, 0) is 19.4 Å². The van der Waals surface area contributed by atoms with Crippen molar-refractivity contribution in [2.24, 2.45) is 5.73 Å². The number of nitrogens with two attached hydrogens (primary N) is 1. The first-order valence-corrected chi connectivity index (χ1v) is 6.08. The third-order valence-corrected chi connectivity index (χ3v) is 3.94. The van der Waals surface area contributed by atoms with E-state index in [-0.39, 0.29) is 12.4 Å². The molecular formula is C12H18ClNO2S. The summed E-state index contributed by atoms with van der Waals surface area (Å²) in [6.07, 6.45) is 0. The van der Waals surface area contributed by atoms with E-state index in [0.29, 0.717) is 0 Å². The first-order valence-electron chi connectivity index (χ1n) is 5.10. The van der Waals surface area contributed by atoms with Crippen LogP contribution in [0.3, 0.4) is 0 Å². The molecule has 3 N–H and O–H groups in total. The quantitative estimate of drug-likeness (QED) is 0.867. The molecule has 0 unspecified atom stereocenters. The summed E-state index contributed by atoms with van der Waals surface area (Å²) in [6.45, 7) is 3.72. The molecule has 3 nitrogen and oxygen atoms in total. The number of aliphatic carboxylic acids is 1. The second kappa shape index (κ2) is 6.89. The number of hydrogen-bond acceptors (Lipinski definition) is 3. The Morgan fingerprint density at radius 3 is 2.41 bits per heavy atom. The molecule has 0 saturated carbocycles. The van der Waals surface area contributed by atoms with Gasteiger partial charge in [0.1, 0.15) is 6.04 Å². The van der Waals surface area contributed by atoms with Gasteiger partial charge in [-0.3, -0.25) is 4.79 Å². The zero-order valence-corrected chi connectivity index (χ0v) is 11.6. The SMILES string of the molecule is CC(C)(SCc1ccccc1)[C@H](N)C(=O)O.Cl. The molecule has 0 fully saturated rings. The molecule has 0 aliphatic heterocycles. The summed E-state index contributed by atoms with van der Waals surface area (Å²) in [5.41, 5.74) is 6.82. The summed E-state index contributed by atoms with van der Waals surface area (Å²) in [7, 11) is 0. The van der Waals surface area contributed by atoms with Crippen molar-refractivity contribution in [2.75, 3.05) is 0 Å². The first-order chi connectivity index (χ1) is 7.43. The summed E-state index contributed by atoms with van der Waals surface area (Å²) >= 11 is 1.56. The molecule has 0 amide bonds. The molecule has 0 bridgehead atoms. The van der Waals surface area contributed by atoms with Gasteiger partial charge in [-0.25, -0.2) is 0 Å². The van der Waals surface area contributed by atoms with E-state index in [1.807, 2.05) is 44.2 Å². The molecule has 17 heavy (non-hydrogen) atoms. The molecule has 0 radical (unpaired) electrons. The van der Waals surface area contributed by atoms with E-state index in [2.05, 4.69) is 0 Å². The van der Waals surface area contributed by atoms with Gasteiger partial charge in [0.05, 0.1) is 0 Å². The van der Waals surface area contributed by atoms with Gasteiger partial charge in [-0.2, -0.15) is 0 Å². The highest BCUT2D eigenvalue weighted by Crippen LogP contribution is 2.30. The summed E-state index contributed by atoms with van der Waals surface area (Å²) < 4.78 is -0.471. The second-order valence-corrected chi connectivity index (χ2v) is 5.82. The number of hydrogen-bond donors (Lipinski definition) is 2. The normalized spacial score (nSPS) is 12.6. The number of carbonyl (C=O) groups is 1. The molecule has 0 aliphatic carbocycles. The molecule has 0 aliphatic rings. The van der Waals surface area contributed by atoms with Gasteiger partial charge in [0.15, 0.2) is 0 Å². The van der Waals surface area contributed by atoms with E-state index in [9.17, 15) is 4.79 Å². The van der Waals surface area contributed by atoms with Crippen LogP contribution in [-0.4, -0.2) is 21.9 Å². The van der Waals surface area contributed by atoms with E-state index >= 15 is 0 Å². The minimum Gasteiger partial charge on any atom is -0.480 e. The maximum absolute atomic E-state index is 10.8. The molecular weight excluding hydrogens is 258 g/mol. The maximum Gasteiger partial charge on any atom is 0.321 e. The van der Waals surface area contributed by atoms with Gasteiger partial charge in [0.25, 0.3) is 0 Å². The van der Waals surface area contributed by atoms with E-state index < -0.39 is 16.8 Å². The summed E-state index contributed by atoms with van der Waals surface area (Å²) in [6, 6.07) is 9.11. The van der Waals surface area contributed by atoms with Crippen LogP contribution >= 0.6 is 24.2 Å². The van der Waals surface area contributed by atoms with Gasteiger partial charge in [0.2, 0.25) is 0 Å². The number of benzene rings is 1. The Hall–Kier alpha value is -0.710. The van der Waals surface area contributed by atoms with Crippen LogP contribution < -0.4 is 5.73 Å². The van der Waals surface area contributed by atoms with Gasteiger partial charge in [0, 0.05) is 10.5 Å². The third-order valence-electron chi connectivity index (χ3n) is 2.47. The number of halogens is 1. The highest BCUT2D eigenvalue weighted by atomic mass is 35.5. The molecule has 96 valence electrons. The highest BCUT2D eigenvalue weighted by molar-refractivity contribution is 7.99. The molecule has 0 saturated heterocycles. The highest BCUT2D eigenvalue weighted by Gasteiger charge is 2.32. The van der Waals surface area contributed by atoms with Crippen LogP contribution in [0, 0.1) is 0 Å². The van der Waals surface area contributed by atoms with E-state index in [1.54, 1.807) is 11.8 Å². The molecule has 1 aromatic carbocycles. The summed E-state index contributed by atoms with van der Waals surface area (Å²) in [5.74, 6) is -0.181. The minimum absolute atomic E-state index is 0. The van der Waals surface area contributed by atoms with Crippen molar-refractivity contribution < 1.29 is 9.90 Å². The fourth-order valence-electron chi connectivity index (χ4n) is 1.23. The van der Waals surface area contributed by atoms with Gasteiger partial charge < -0.3 is 10.8 Å². The van der Waals surface area contributed by atoms with Crippen molar-refractivity contribution in [3.05, 3.63) is 35.9 Å². The zero-order chi connectivity index (χ0) is 12.2. The van der Waals surface area contributed by atoms with Crippen LogP contribution in [0.15, 0.2) is 30.3 Å². The Bertz CT molecular complexity index is 357. The Labute approximate surface area is 112 Å². The smallest absolute Gasteiger partial charge is 0.321 e. The average Bonchev–Trinajstić information content (AvgIpc) is 2.27. The van der Waals surface area contributed by atoms with Crippen LogP contribution in [0.5, 0.6) is 0 Å². The average molecular weight is 276 g/mol. The molecule has 0 heterocycles. The Balaban J connectivity index is 0.00000256. The summed E-state index contributed by atoms with van der Waals surface area (Å²) in [5, 5.41) is 8.88. The number of thioether (sulfide) groups is 1. The second-order valence-electron chi connectivity index (χ2n) is 4.19. The lowest BCUT2D eigenvalue weighted by atomic mass is 10.1. The van der Waals surface area contributed by atoms with E-state index in [4.69, 9.17) is 10.8 Å². The van der Waals surface area contributed by atoms with Gasteiger partial charge >= 0.3 is 5.97 Å². The van der Waals surface area contributed by atoms with Crippen molar-refractivity contribution in [2.45, 2.75) is 30.4 Å². The molecule has 0 aromatic heterocycles. The number of carboxylic acids is 1. The predicted octanol–water partition coefficient (Wildman–Crippen LogP) is 2.53. The molecule has 1 aromatic rings. The fourth-order valence-corrected chi connectivity index (χ4v) is 2.24.